The fourth-order valence-electron chi connectivity index (χ4n) is 4.49. The average Bonchev–Trinajstić information content (AvgIpc) is 3.06. The highest BCUT2D eigenvalue weighted by molar-refractivity contribution is 5.69. The molecule has 1 unspecified atom stereocenters. The second-order valence-electron chi connectivity index (χ2n) is 7.95. The van der Waals surface area contributed by atoms with Crippen LogP contribution in [0, 0.1) is 5.92 Å². The van der Waals surface area contributed by atoms with Gasteiger partial charge >= 0.3 is 5.69 Å². The van der Waals surface area contributed by atoms with Crippen LogP contribution in [-0.4, -0.2) is 37.4 Å². The summed E-state index contributed by atoms with van der Waals surface area (Å²) < 4.78 is 8.71. The summed E-state index contributed by atoms with van der Waals surface area (Å²) in [4.78, 5) is 18.7. The number of hydrogen-bond donors (Lipinski definition) is 1. The number of ether oxygens (including phenoxy) is 1. The summed E-state index contributed by atoms with van der Waals surface area (Å²) in [6.07, 6.45) is 8.76. The molecule has 2 aliphatic rings. The number of nitrogens with zero attached hydrogens (tertiary/aromatic N) is 5. The van der Waals surface area contributed by atoms with Crippen LogP contribution in [0.2, 0.25) is 0 Å². The maximum absolute atomic E-state index is 12.0. The topological polar surface area (TPSA) is 84.9 Å². The second-order valence-corrected chi connectivity index (χ2v) is 7.95. The molecule has 1 fully saturated rings. The summed E-state index contributed by atoms with van der Waals surface area (Å²) in [7, 11) is 1.64. The van der Waals surface area contributed by atoms with Gasteiger partial charge < -0.3 is 14.7 Å². The molecule has 8 nitrogen and oxygen atoms in total. The third-order valence-corrected chi connectivity index (χ3v) is 6.09. The smallest absolute Gasteiger partial charge is 0.350 e. The summed E-state index contributed by atoms with van der Waals surface area (Å²) >= 11 is 0. The molecular weight excluding hydrogens is 370 g/mol. The van der Waals surface area contributed by atoms with E-state index in [-0.39, 0.29) is 5.69 Å². The van der Waals surface area contributed by atoms with Crippen molar-refractivity contribution in [1.82, 2.24) is 19.2 Å². The Morgan fingerprint density at radius 3 is 2.90 bits per heavy atom. The van der Waals surface area contributed by atoms with Crippen molar-refractivity contribution >= 4 is 17.2 Å². The zero-order chi connectivity index (χ0) is 20.0. The molecule has 4 heterocycles. The molecule has 0 bridgehead atoms. The maximum Gasteiger partial charge on any atom is 0.350 e. The van der Waals surface area contributed by atoms with E-state index in [2.05, 4.69) is 15.0 Å². The minimum Gasteiger partial charge on any atom is -0.488 e. The largest absolute Gasteiger partial charge is 0.488 e. The third-order valence-electron chi connectivity index (χ3n) is 6.09. The van der Waals surface area contributed by atoms with Gasteiger partial charge in [0.2, 0.25) is 0 Å². The van der Waals surface area contributed by atoms with Gasteiger partial charge in [0, 0.05) is 36.8 Å². The van der Waals surface area contributed by atoms with Gasteiger partial charge in [-0.1, -0.05) is 19.3 Å². The van der Waals surface area contributed by atoms with Crippen LogP contribution in [0.15, 0.2) is 35.4 Å². The highest BCUT2D eigenvalue weighted by atomic mass is 16.5. The van der Waals surface area contributed by atoms with Crippen LogP contribution in [0.25, 0.3) is 5.65 Å². The molecule has 0 radical (unpaired) electrons. The van der Waals surface area contributed by atoms with Crippen molar-refractivity contribution < 1.29 is 9.84 Å². The first-order valence-corrected chi connectivity index (χ1v) is 10.3. The maximum atomic E-state index is 12.0. The Kier molecular flexibility index (Phi) is 4.50. The van der Waals surface area contributed by atoms with E-state index in [0.29, 0.717) is 30.5 Å². The number of aryl methyl sites for hydroxylation is 1. The number of hydrogen-bond acceptors (Lipinski definition) is 6. The van der Waals surface area contributed by atoms with Gasteiger partial charge in [-0.3, -0.25) is 4.40 Å². The van der Waals surface area contributed by atoms with E-state index in [1.807, 2.05) is 18.2 Å². The average molecular weight is 395 g/mol. The van der Waals surface area contributed by atoms with Crippen LogP contribution in [0.3, 0.4) is 0 Å². The molecule has 3 aromatic rings. The van der Waals surface area contributed by atoms with Gasteiger partial charge in [-0.15, -0.1) is 0 Å². The molecular formula is C21H25N5O3. The molecule has 1 saturated carbocycles. The van der Waals surface area contributed by atoms with E-state index in [4.69, 9.17) is 4.74 Å². The lowest BCUT2D eigenvalue weighted by Gasteiger charge is -2.31. The molecule has 1 N–H and O–H groups in total. The van der Waals surface area contributed by atoms with Crippen molar-refractivity contribution in [1.29, 1.82) is 0 Å². The van der Waals surface area contributed by atoms with Crippen molar-refractivity contribution in [3.8, 4) is 5.75 Å². The van der Waals surface area contributed by atoms with Gasteiger partial charge in [-0.25, -0.2) is 14.5 Å². The van der Waals surface area contributed by atoms with Crippen molar-refractivity contribution in [2.45, 2.75) is 38.2 Å². The third kappa shape index (κ3) is 3.17. The van der Waals surface area contributed by atoms with Crippen molar-refractivity contribution in [2.75, 3.05) is 18.1 Å². The molecule has 8 heteroatoms. The minimum atomic E-state index is -0.496. The van der Waals surface area contributed by atoms with Gasteiger partial charge in [0.1, 0.15) is 6.61 Å². The zero-order valence-corrected chi connectivity index (χ0v) is 16.5. The first kappa shape index (κ1) is 18.2. The molecule has 1 aliphatic carbocycles. The first-order chi connectivity index (χ1) is 14.1. The van der Waals surface area contributed by atoms with Crippen molar-refractivity contribution in [2.24, 2.45) is 13.0 Å². The number of rotatable bonds is 3. The van der Waals surface area contributed by atoms with Gasteiger partial charge in [0.25, 0.3) is 0 Å². The number of anilines is 2. The SMILES string of the molecule is Cn1nc2cc(N3CCOc4cc(C(O)C5CCCCC5)cnc43)ccn2c1=O. The molecule has 3 aromatic heterocycles. The molecule has 0 aromatic carbocycles. The lowest BCUT2D eigenvalue weighted by atomic mass is 9.83. The van der Waals surface area contributed by atoms with E-state index >= 15 is 0 Å². The second kappa shape index (κ2) is 7.18. The van der Waals surface area contributed by atoms with Crippen LogP contribution in [0.4, 0.5) is 11.5 Å². The molecule has 0 amide bonds. The Hall–Kier alpha value is -2.87. The Labute approximate surface area is 168 Å². The lowest BCUT2D eigenvalue weighted by Crippen LogP contribution is -2.30. The van der Waals surface area contributed by atoms with Gasteiger partial charge in [-0.2, -0.15) is 5.10 Å². The Morgan fingerprint density at radius 2 is 2.07 bits per heavy atom. The molecule has 1 aliphatic heterocycles. The van der Waals surface area contributed by atoms with Gasteiger partial charge in [0.05, 0.1) is 12.6 Å². The number of aliphatic hydroxyl groups excluding tert-OH is 1. The molecule has 152 valence electrons. The number of pyridine rings is 2. The number of fused-ring (bicyclic) bond motifs is 2. The summed E-state index contributed by atoms with van der Waals surface area (Å²) in [5.74, 6) is 1.70. The van der Waals surface area contributed by atoms with Crippen LogP contribution in [0.5, 0.6) is 5.75 Å². The lowest BCUT2D eigenvalue weighted by molar-refractivity contribution is 0.0842. The quantitative estimate of drug-likeness (QED) is 0.734. The van der Waals surface area contributed by atoms with Gasteiger partial charge in [0.15, 0.2) is 17.2 Å². The van der Waals surface area contributed by atoms with Crippen molar-refractivity contribution in [3.05, 3.63) is 46.6 Å². The van der Waals surface area contributed by atoms with E-state index in [0.717, 1.165) is 29.9 Å². The summed E-state index contributed by atoms with van der Waals surface area (Å²) in [5, 5.41) is 15.1. The fourth-order valence-corrected chi connectivity index (χ4v) is 4.49. The Balaban J connectivity index is 1.47. The summed E-state index contributed by atoms with van der Waals surface area (Å²) in [6, 6.07) is 5.69. The first-order valence-electron chi connectivity index (χ1n) is 10.3. The summed E-state index contributed by atoms with van der Waals surface area (Å²) in [6.45, 7) is 1.18. The van der Waals surface area contributed by atoms with E-state index in [9.17, 15) is 9.90 Å². The van der Waals surface area contributed by atoms with Crippen molar-refractivity contribution in [3.63, 3.8) is 0 Å². The standard InChI is InChI=1S/C21H25N5O3/c1-24-21(28)26-8-7-16(12-18(26)23-24)25-9-10-29-17-11-15(13-22-20(17)25)19(27)14-5-3-2-4-6-14/h7-8,11-14,19,27H,2-6,9-10H2,1H3. The predicted octanol–water partition coefficient (Wildman–Crippen LogP) is 2.57. The van der Waals surface area contributed by atoms with E-state index in [1.165, 1.54) is 28.3 Å². The molecule has 5 rings (SSSR count). The summed E-state index contributed by atoms with van der Waals surface area (Å²) in [5.41, 5.74) is 2.14. The molecule has 29 heavy (non-hydrogen) atoms. The predicted molar refractivity (Wildman–Crippen MR) is 109 cm³/mol. The van der Waals surface area contributed by atoms with E-state index in [1.54, 1.807) is 19.4 Å². The Morgan fingerprint density at radius 1 is 1.24 bits per heavy atom. The minimum absolute atomic E-state index is 0.173. The molecule has 1 atom stereocenters. The normalized spacial score (nSPS) is 18.5. The number of aliphatic hydroxyl groups is 1. The molecule has 0 saturated heterocycles. The zero-order valence-electron chi connectivity index (χ0n) is 16.5. The monoisotopic (exact) mass is 395 g/mol. The van der Waals surface area contributed by atoms with Crippen LogP contribution < -0.4 is 15.3 Å². The highest BCUT2D eigenvalue weighted by Gasteiger charge is 2.27. The Bertz CT molecular complexity index is 1100. The van der Waals surface area contributed by atoms with Crippen LogP contribution in [0.1, 0.15) is 43.8 Å². The number of aromatic nitrogens is 4. The fraction of sp³-hybridized carbons (Fsp3) is 0.476. The highest BCUT2D eigenvalue weighted by Crippen LogP contribution is 2.39. The van der Waals surface area contributed by atoms with Crippen LogP contribution >= 0.6 is 0 Å². The molecule has 0 spiro atoms. The van der Waals surface area contributed by atoms with Crippen LogP contribution in [-0.2, 0) is 7.05 Å². The van der Waals surface area contributed by atoms with Gasteiger partial charge in [-0.05, 0) is 30.9 Å². The van der Waals surface area contributed by atoms with E-state index < -0.39 is 6.10 Å².